The minimum atomic E-state index is -0.164. The Labute approximate surface area is 74.0 Å². The van der Waals surface area contributed by atoms with E-state index in [1.807, 2.05) is 13.0 Å². The molecular formula is C8H10N4O. The van der Waals surface area contributed by atoms with E-state index in [9.17, 15) is 4.79 Å². The fourth-order valence-electron chi connectivity index (χ4n) is 1.42. The smallest absolute Gasteiger partial charge is 0.273 e. The number of nitrogens with two attached hydrogens (primary N) is 1. The molecule has 0 saturated carbocycles. The molecule has 4 N–H and O–H groups in total. The van der Waals surface area contributed by atoms with Crippen molar-refractivity contribution in [2.75, 3.05) is 0 Å². The number of hydrogen-bond donors (Lipinski definition) is 3. The van der Waals surface area contributed by atoms with Crippen molar-refractivity contribution < 1.29 is 0 Å². The Morgan fingerprint density at radius 1 is 1.54 bits per heavy atom. The number of aromatic nitrogens is 3. The Morgan fingerprint density at radius 3 is 3.00 bits per heavy atom. The summed E-state index contributed by atoms with van der Waals surface area (Å²) in [6.45, 7) is 2.21. The molecule has 0 radical (unpaired) electrons. The van der Waals surface area contributed by atoms with Crippen molar-refractivity contribution in [1.29, 1.82) is 0 Å². The number of aryl methyl sites for hydroxylation is 1. The molecule has 0 aromatic carbocycles. The van der Waals surface area contributed by atoms with Crippen LogP contribution >= 0.6 is 0 Å². The zero-order valence-corrected chi connectivity index (χ0v) is 7.22. The van der Waals surface area contributed by atoms with Gasteiger partial charge in [-0.3, -0.25) is 15.0 Å². The highest BCUT2D eigenvalue weighted by molar-refractivity contribution is 5.77. The predicted octanol–water partition coefficient (Wildman–Crippen LogP) is 0.0183. The molecule has 0 saturated heterocycles. The molecule has 5 nitrogen and oxygen atoms in total. The topological polar surface area (TPSA) is 87.6 Å². The van der Waals surface area contributed by atoms with E-state index in [-0.39, 0.29) is 5.56 Å². The number of H-pyrrole nitrogens is 2. The van der Waals surface area contributed by atoms with Gasteiger partial charge in [0.15, 0.2) is 5.65 Å². The maximum Gasteiger partial charge on any atom is 0.273 e. The van der Waals surface area contributed by atoms with Crippen molar-refractivity contribution in [1.82, 2.24) is 15.2 Å². The van der Waals surface area contributed by atoms with Gasteiger partial charge >= 0.3 is 0 Å². The minimum Gasteiger partial charge on any atom is -0.326 e. The average Bonchev–Trinajstić information content (AvgIpc) is 2.46. The molecule has 13 heavy (non-hydrogen) atoms. The van der Waals surface area contributed by atoms with Crippen LogP contribution in [0.4, 0.5) is 0 Å². The summed E-state index contributed by atoms with van der Waals surface area (Å²) in [6, 6.07) is 1.82. The van der Waals surface area contributed by atoms with Crippen LogP contribution in [0.3, 0.4) is 0 Å². The summed E-state index contributed by atoms with van der Waals surface area (Å²) in [7, 11) is 0. The number of pyridine rings is 1. The van der Waals surface area contributed by atoms with E-state index in [1.165, 1.54) is 0 Å². The van der Waals surface area contributed by atoms with Crippen molar-refractivity contribution in [3.05, 3.63) is 27.7 Å². The first-order valence-electron chi connectivity index (χ1n) is 3.99. The Bertz CT molecular complexity index is 496. The maximum absolute atomic E-state index is 11.3. The lowest BCUT2D eigenvalue weighted by molar-refractivity contribution is 1.05. The van der Waals surface area contributed by atoms with Crippen LogP contribution in [0.1, 0.15) is 11.3 Å². The van der Waals surface area contributed by atoms with Crippen LogP contribution in [-0.2, 0) is 6.54 Å². The summed E-state index contributed by atoms with van der Waals surface area (Å²) in [5, 5.41) is 5.74. The third-order valence-electron chi connectivity index (χ3n) is 1.97. The van der Waals surface area contributed by atoms with Gasteiger partial charge in [-0.05, 0) is 18.6 Å². The molecule has 0 atom stereocenters. The van der Waals surface area contributed by atoms with Gasteiger partial charge in [0.25, 0.3) is 5.56 Å². The zero-order valence-electron chi connectivity index (χ0n) is 7.22. The van der Waals surface area contributed by atoms with Crippen LogP contribution in [0, 0.1) is 6.92 Å². The molecule has 0 amide bonds. The molecule has 2 aromatic rings. The van der Waals surface area contributed by atoms with Crippen molar-refractivity contribution in [2.45, 2.75) is 13.5 Å². The van der Waals surface area contributed by atoms with Crippen molar-refractivity contribution in [3.8, 4) is 0 Å². The second-order valence-corrected chi connectivity index (χ2v) is 2.93. The van der Waals surface area contributed by atoms with Gasteiger partial charge in [-0.2, -0.15) is 0 Å². The molecule has 0 fully saturated rings. The Hall–Kier alpha value is -1.62. The zero-order chi connectivity index (χ0) is 9.42. The number of hydrogen-bond acceptors (Lipinski definition) is 3. The van der Waals surface area contributed by atoms with Gasteiger partial charge in [0.05, 0.1) is 5.39 Å². The molecule has 0 aliphatic heterocycles. The molecule has 2 aromatic heterocycles. The first-order valence-corrected chi connectivity index (χ1v) is 3.99. The molecular weight excluding hydrogens is 168 g/mol. The van der Waals surface area contributed by atoms with Crippen LogP contribution in [0.5, 0.6) is 0 Å². The third kappa shape index (κ3) is 1.13. The SMILES string of the molecule is Cc1cc(CN)c2c(=O)[nH][nH]c2n1. The van der Waals surface area contributed by atoms with Gasteiger partial charge in [0, 0.05) is 12.2 Å². The minimum absolute atomic E-state index is 0.164. The van der Waals surface area contributed by atoms with E-state index in [0.717, 1.165) is 11.3 Å². The Balaban J connectivity index is 2.93. The molecule has 0 aliphatic rings. The maximum atomic E-state index is 11.3. The molecule has 0 spiro atoms. The normalized spacial score (nSPS) is 10.9. The summed E-state index contributed by atoms with van der Waals surface area (Å²) in [5.41, 5.74) is 7.60. The van der Waals surface area contributed by atoms with Gasteiger partial charge in [-0.25, -0.2) is 4.98 Å². The number of fused-ring (bicyclic) bond motifs is 1. The van der Waals surface area contributed by atoms with Crippen LogP contribution in [0.15, 0.2) is 10.9 Å². The lowest BCUT2D eigenvalue weighted by Crippen LogP contribution is -2.05. The quantitative estimate of drug-likeness (QED) is 0.575. The molecule has 2 rings (SSSR count). The summed E-state index contributed by atoms with van der Waals surface area (Å²) in [4.78, 5) is 15.5. The van der Waals surface area contributed by atoms with Crippen LogP contribution < -0.4 is 11.3 Å². The molecule has 0 bridgehead atoms. The summed E-state index contributed by atoms with van der Waals surface area (Å²) < 4.78 is 0. The van der Waals surface area contributed by atoms with E-state index < -0.39 is 0 Å². The summed E-state index contributed by atoms with van der Waals surface area (Å²) in [6.07, 6.45) is 0. The van der Waals surface area contributed by atoms with Gasteiger partial charge in [-0.1, -0.05) is 0 Å². The van der Waals surface area contributed by atoms with Gasteiger partial charge in [0.1, 0.15) is 0 Å². The largest absolute Gasteiger partial charge is 0.326 e. The average molecular weight is 178 g/mol. The fourth-order valence-corrected chi connectivity index (χ4v) is 1.42. The first kappa shape index (κ1) is 8.00. The fraction of sp³-hybridized carbons (Fsp3) is 0.250. The molecule has 5 heteroatoms. The molecule has 0 unspecified atom stereocenters. The summed E-state index contributed by atoms with van der Waals surface area (Å²) in [5.74, 6) is 0. The van der Waals surface area contributed by atoms with E-state index in [1.54, 1.807) is 0 Å². The molecule has 0 aliphatic carbocycles. The molecule has 68 valence electrons. The lowest BCUT2D eigenvalue weighted by atomic mass is 10.1. The van der Waals surface area contributed by atoms with Gasteiger partial charge in [-0.15, -0.1) is 0 Å². The van der Waals surface area contributed by atoms with Crippen LogP contribution in [0.25, 0.3) is 11.0 Å². The standard InChI is InChI=1S/C8H10N4O/c1-4-2-5(3-9)6-7(10-4)11-12-8(6)13/h2H,3,9H2,1H3,(H2,10,11,12,13). The van der Waals surface area contributed by atoms with E-state index >= 15 is 0 Å². The highest BCUT2D eigenvalue weighted by Gasteiger charge is 2.07. The Kier molecular flexibility index (Phi) is 1.66. The number of rotatable bonds is 1. The number of aromatic amines is 2. The number of nitrogens with zero attached hydrogens (tertiary/aromatic N) is 1. The monoisotopic (exact) mass is 178 g/mol. The van der Waals surface area contributed by atoms with E-state index in [0.29, 0.717) is 17.6 Å². The lowest BCUT2D eigenvalue weighted by Gasteiger charge is -1.98. The highest BCUT2D eigenvalue weighted by Crippen LogP contribution is 2.11. The van der Waals surface area contributed by atoms with Crippen LogP contribution in [-0.4, -0.2) is 15.2 Å². The van der Waals surface area contributed by atoms with Gasteiger partial charge < -0.3 is 5.73 Å². The van der Waals surface area contributed by atoms with E-state index in [2.05, 4.69) is 15.2 Å². The van der Waals surface area contributed by atoms with Gasteiger partial charge in [0.2, 0.25) is 0 Å². The van der Waals surface area contributed by atoms with Crippen molar-refractivity contribution >= 4 is 11.0 Å². The van der Waals surface area contributed by atoms with E-state index in [4.69, 9.17) is 5.73 Å². The highest BCUT2D eigenvalue weighted by atomic mass is 16.1. The summed E-state index contributed by atoms with van der Waals surface area (Å²) >= 11 is 0. The van der Waals surface area contributed by atoms with Crippen LogP contribution in [0.2, 0.25) is 0 Å². The first-order chi connectivity index (χ1) is 6.22. The Morgan fingerprint density at radius 2 is 2.31 bits per heavy atom. The second kappa shape index (κ2) is 2.70. The predicted molar refractivity (Wildman–Crippen MR) is 49.3 cm³/mol. The second-order valence-electron chi connectivity index (χ2n) is 2.93. The third-order valence-corrected chi connectivity index (χ3v) is 1.97. The molecule has 2 heterocycles. The van der Waals surface area contributed by atoms with Crippen molar-refractivity contribution in [3.63, 3.8) is 0 Å². The number of nitrogens with one attached hydrogen (secondary N) is 2. The van der Waals surface area contributed by atoms with Crippen molar-refractivity contribution in [2.24, 2.45) is 5.73 Å².